The van der Waals surface area contributed by atoms with Crippen LogP contribution >= 0.6 is 0 Å². The monoisotopic (exact) mass is 375 g/mol. The minimum Gasteiger partial charge on any atom is -0.443 e. The summed E-state index contributed by atoms with van der Waals surface area (Å²) in [5.41, 5.74) is 1.44. The zero-order chi connectivity index (χ0) is 20.1. The van der Waals surface area contributed by atoms with Crippen LogP contribution in [-0.4, -0.2) is 70.8 Å². The van der Waals surface area contributed by atoms with Gasteiger partial charge in [-0.3, -0.25) is 4.79 Å². The third-order valence-corrected chi connectivity index (χ3v) is 3.18. The van der Waals surface area contributed by atoms with Gasteiger partial charge in [-0.05, 0) is 34.6 Å². The lowest BCUT2D eigenvalue weighted by Crippen LogP contribution is -2.63. The standard InChI is InChI=1S/C16H29N3O7/c1-8(2)24-14-12(17-9(3)21)11(13(22)10(7-20)25-14)18-19-15(23)26-16(4,5)6/h8,10,12-14,20,22H,7H2,1-6H3,(H,17,21)(H,19,23)/b18-11-/t10-,12-,13-,14+/m1/s1. The van der Waals surface area contributed by atoms with Crippen LogP contribution < -0.4 is 10.7 Å². The molecule has 0 unspecified atom stereocenters. The van der Waals surface area contributed by atoms with Gasteiger partial charge in [0.05, 0.1) is 18.4 Å². The molecule has 150 valence electrons. The summed E-state index contributed by atoms with van der Waals surface area (Å²) in [6, 6.07) is -0.956. The van der Waals surface area contributed by atoms with E-state index in [1.165, 1.54) is 6.92 Å². The number of carbonyl (C=O) groups excluding carboxylic acids is 2. The van der Waals surface area contributed by atoms with Crippen LogP contribution in [0, 0.1) is 0 Å². The van der Waals surface area contributed by atoms with E-state index < -0.39 is 48.7 Å². The summed E-state index contributed by atoms with van der Waals surface area (Å²) in [6.45, 7) is 9.39. The number of hydrogen-bond acceptors (Lipinski definition) is 8. The lowest BCUT2D eigenvalue weighted by Gasteiger charge is -2.40. The van der Waals surface area contributed by atoms with Gasteiger partial charge >= 0.3 is 6.09 Å². The summed E-state index contributed by atoms with van der Waals surface area (Å²) in [6.07, 6.45) is -4.47. The summed E-state index contributed by atoms with van der Waals surface area (Å²) >= 11 is 0. The summed E-state index contributed by atoms with van der Waals surface area (Å²) in [4.78, 5) is 23.4. The van der Waals surface area contributed by atoms with Gasteiger partial charge in [-0.1, -0.05) is 0 Å². The summed E-state index contributed by atoms with van der Waals surface area (Å²) in [7, 11) is 0. The summed E-state index contributed by atoms with van der Waals surface area (Å²) in [5.74, 6) is -0.407. The number of nitrogens with zero attached hydrogens (tertiary/aromatic N) is 1. The van der Waals surface area contributed by atoms with Gasteiger partial charge in [0.1, 0.15) is 23.9 Å². The fraction of sp³-hybridized carbons (Fsp3) is 0.812. The van der Waals surface area contributed by atoms with Crippen molar-refractivity contribution in [1.82, 2.24) is 10.7 Å². The molecule has 2 amide bonds. The number of rotatable bonds is 5. The number of aliphatic hydroxyl groups is 2. The molecular formula is C16H29N3O7. The van der Waals surface area contributed by atoms with Crippen LogP contribution in [0.3, 0.4) is 0 Å². The predicted octanol–water partition coefficient (Wildman–Crippen LogP) is -0.125. The molecule has 0 aromatic carbocycles. The normalized spacial score (nSPS) is 28.1. The van der Waals surface area contributed by atoms with Gasteiger partial charge in [0.25, 0.3) is 0 Å². The highest BCUT2D eigenvalue weighted by Crippen LogP contribution is 2.21. The lowest BCUT2D eigenvalue weighted by atomic mass is 9.97. The molecule has 10 heteroatoms. The molecule has 0 aliphatic carbocycles. The Bertz CT molecular complexity index is 530. The highest BCUT2D eigenvalue weighted by atomic mass is 16.7. The smallest absolute Gasteiger partial charge is 0.428 e. The van der Waals surface area contributed by atoms with Gasteiger partial charge in [0.15, 0.2) is 6.29 Å². The maximum atomic E-state index is 11.8. The number of nitrogens with one attached hydrogen (secondary N) is 2. The number of hydrogen-bond donors (Lipinski definition) is 4. The molecule has 1 aliphatic heterocycles. The van der Waals surface area contributed by atoms with E-state index in [4.69, 9.17) is 14.2 Å². The Hall–Kier alpha value is -1.75. The Labute approximate surface area is 152 Å². The number of amides is 2. The van der Waals surface area contributed by atoms with Gasteiger partial charge in [-0.15, -0.1) is 0 Å². The van der Waals surface area contributed by atoms with Crippen molar-refractivity contribution in [2.75, 3.05) is 6.61 Å². The first-order chi connectivity index (χ1) is 11.9. The van der Waals surface area contributed by atoms with Crippen molar-refractivity contribution in [3.05, 3.63) is 0 Å². The zero-order valence-corrected chi connectivity index (χ0v) is 16.0. The number of ether oxygens (including phenoxy) is 3. The van der Waals surface area contributed by atoms with Gasteiger partial charge in [-0.2, -0.15) is 5.10 Å². The molecule has 0 aromatic rings. The molecule has 4 atom stereocenters. The van der Waals surface area contributed by atoms with Crippen LogP contribution in [0.2, 0.25) is 0 Å². The molecule has 0 spiro atoms. The first-order valence-corrected chi connectivity index (χ1v) is 8.38. The maximum absolute atomic E-state index is 11.8. The van der Waals surface area contributed by atoms with Crippen LogP contribution in [0.5, 0.6) is 0 Å². The quantitative estimate of drug-likeness (QED) is 0.491. The zero-order valence-electron chi connectivity index (χ0n) is 16.0. The second-order valence-corrected chi connectivity index (χ2v) is 7.18. The number of carbonyl (C=O) groups is 2. The van der Waals surface area contributed by atoms with E-state index in [1.54, 1.807) is 34.6 Å². The minimum atomic E-state index is -1.36. The Morgan fingerprint density at radius 3 is 2.42 bits per heavy atom. The molecule has 0 bridgehead atoms. The third kappa shape index (κ3) is 6.87. The molecule has 1 aliphatic rings. The van der Waals surface area contributed by atoms with Crippen LogP contribution in [0.1, 0.15) is 41.5 Å². The van der Waals surface area contributed by atoms with Crippen LogP contribution in [0.25, 0.3) is 0 Å². The first-order valence-electron chi connectivity index (χ1n) is 8.38. The minimum absolute atomic E-state index is 0.0120. The number of hydrazone groups is 1. The van der Waals surface area contributed by atoms with E-state index in [9.17, 15) is 19.8 Å². The van der Waals surface area contributed by atoms with Gasteiger partial charge in [0.2, 0.25) is 5.91 Å². The molecule has 4 N–H and O–H groups in total. The van der Waals surface area contributed by atoms with Gasteiger partial charge in [-0.25, -0.2) is 10.2 Å². The molecule has 0 saturated carbocycles. The second kappa shape index (κ2) is 9.26. The Kier molecular flexibility index (Phi) is 7.94. The topological polar surface area (TPSA) is 139 Å². The molecule has 1 saturated heterocycles. The van der Waals surface area contributed by atoms with Crippen molar-refractivity contribution in [3.63, 3.8) is 0 Å². The van der Waals surface area contributed by atoms with E-state index >= 15 is 0 Å². The Morgan fingerprint density at radius 2 is 1.96 bits per heavy atom. The van der Waals surface area contributed by atoms with E-state index in [-0.39, 0.29) is 11.8 Å². The molecule has 1 rings (SSSR count). The predicted molar refractivity (Wildman–Crippen MR) is 92.4 cm³/mol. The molecule has 1 heterocycles. The maximum Gasteiger partial charge on any atom is 0.428 e. The molecule has 1 fully saturated rings. The highest BCUT2D eigenvalue weighted by molar-refractivity contribution is 5.97. The Balaban J connectivity index is 3.10. The van der Waals surface area contributed by atoms with Crippen molar-refractivity contribution in [1.29, 1.82) is 0 Å². The van der Waals surface area contributed by atoms with Crippen LogP contribution in [-0.2, 0) is 19.0 Å². The van der Waals surface area contributed by atoms with Crippen molar-refractivity contribution in [2.24, 2.45) is 5.10 Å². The van der Waals surface area contributed by atoms with Gasteiger partial charge < -0.3 is 29.7 Å². The average Bonchev–Trinajstić information content (AvgIpc) is 2.46. The molecular weight excluding hydrogens is 346 g/mol. The van der Waals surface area contributed by atoms with Crippen molar-refractivity contribution in [3.8, 4) is 0 Å². The third-order valence-electron chi connectivity index (χ3n) is 3.18. The van der Waals surface area contributed by atoms with Crippen LogP contribution in [0.4, 0.5) is 4.79 Å². The summed E-state index contributed by atoms with van der Waals surface area (Å²) < 4.78 is 16.2. The summed E-state index contributed by atoms with van der Waals surface area (Å²) in [5, 5.41) is 26.3. The van der Waals surface area contributed by atoms with Crippen molar-refractivity contribution in [2.45, 2.75) is 77.8 Å². The fourth-order valence-corrected chi connectivity index (χ4v) is 2.27. The van der Waals surface area contributed by atoms with E-state index in [1.807, 2.05) is 0 Å². The average molecular weight is 375 g/mol. The number of aliphatic hydroxyl groups excluding tert-OH is 2. The van der Waals surface area contributed by atoms with Crippen molar-refractivity contribution >= 4 is 17.7 Å². The Morgan fingerprint density at radius 1 is 1.35 bits per heavy atom. The van der Waals surface area contributed by atoms with Crippen LogP contribution in [0.15, 0.2) is 5.10 Å². The molecule has 10 nitrogen and oxygen atoms in total. The molecule has 0 radical (unpaired) electrons. The molecule has 0 aromatic heterocycles. The van der Waals surface area contributed by atoms with Gasteiger partial charge in [0, 0.05) is 6.92 Å². The fourth-order valence-electron chi connectivity index (χ4n) is 2.27. The lowest BCUT2D eigenvalue weighted by molar-refractivity contribution is -0.223. The van der Waals surface area contributed by atoms with Crippen molar-refractivity contribution < 1.29 is 34.0 Å². The second-order valence-electron chi connectivity index (χ2n) is 7.18. The first kappa shape index (κ1) is 22.3. The van der Waals surface area contributed by atoms with E-state index in [0.717, 1.165) is 0 Å². The van der Waals surface area contributed by atoms with E-state index in [2.05, 4.69) is 15.8 Å². The molecule has 26 heavy (non-hydrogen) atoms. The largest absolute Gasteiger partial charge is 0.443 e. The SMILES string of the molecule is CC(=O)N[C@@H]1/C(=N/NC(=O)OC(C)(C)C)[C@H](O)[C@@H](CO)O[C@@H]1OC(C)C. The van der Waals surface area contributed by atoms with E-state index in [0.29, 0.717) is 0 Å². The highest BCUT2D eigenvalue weighted by Gasteiger charge is 2.44.